The van der Waals surface area contributed by atoms with E-state index in [9.17, 15) is 13.2 Å². The first-order chi connectivity index (χ1) is 12.3. The third-order valence-electron chi connectivity index (χ3n) is 3.26. The molecule has 0 aromatic heterocycles. The van der Waals surface area contributed by atoms with Crippen molar-refractivity contribution in [3.63, 3.8) is 0 Å². The highest BCUT2D eigenvalue weighted by atomic mass is 127. The van der Waals surface area contributed by atoms with E-state index in [1.165, 1.54) is 38.5 Å². The smallest absolute Gasteiger partial charge is 0.493 e. The van der Waals surface area contributed by atoms with E-state index >= 15 is 0 Å². The molecule has 2 aromatic rings. The Hall–Kier alpha value is -2.37. The molecule has 0 amide bonds. The number of nitrogens with two attached hydrogens (primary N) is 1. The number of alkyl halides is 3. The van der Waals surface area contributed by atoms with E-state index in [0.717, 1.165) is 5.56 Å². The summed E-state index contributed by atoms with van der Waals surface area (Å²) in [6.07, 6.45) is -4.73. The topological polar surface area (TPSA) is 78.1 Å². The van der Waals surface area contributed by atoms with Crippen molar-refractivity contribution in [1.82, 2.24) is 0 Å². The van der Waals surface area contributed by atoms with Gasteiger partial charge in [0.1, 0.15) is 5.75 Å². The Labute approximate surface area is 171 Å². The quantitative estimate of drug-likeness (QED) is 0.357. The van der Waals surface area contributed by atoms with Crippen molar-refractivity contribution in [2.24, 2.45) is 10.7 Å². The van der Waals surface area contributed by atoms with Gasteiger partial charge in [-0.2, -0.15) is 0 Å². The second kappa shape index (κ2) is 10.1. The molecular formula is C17H19F3IN3O3. The highest BCUT2D eigenvalue weighted by Crippen LogP contribution is 2.31. The van der Waals surface area contributed by atoms with Gasteiger partial charge in [0.2, 0.25) is 0 Å². The van der Waals surface area contributed by atoms with Crippen LogP contribution in [0.25, 0.3) is 0 Å². The van der Waals surface area contributed by atoms with E-state index in [1.54, 1.807) is 12.1 Å². The van der Waals surface area contributed by atoms with Gasteiger partial charge in [0.15, 0.2) is 17.5 Å². The lowest BCUT2D eigenvalue weighted by atomic mass is 10.2. The maximum absolute atomic E-state index is 12.1. The Bertz CT molecular complexity index is 768. The number of guanidine groups is 1. The van der Waals surface area contributed by atoms with Gasteiger partial charge < -0.3 is 25.3 Å². The summed E-state index contributed by atoms with van der Waals surface area (Å²) in [7, 11) is 3.06. The number of hydrogen-bond donors (Lipinski definition) is 2. The minimum absolute atomic E-state index is 0. The number of hydrogen-bond acceptors (Lipinski definition) is 4. The number of rotatable bonds is 6. The fourth-order valence-corrected chi connectivity index (χ4v) is 2.18. The molecule has 10 heteroatoms. The summed E-state index contributed by atoms with van der Waals surface area (Å²) in [6.45, 7) is 0.231. The van der Waals surface area contributed by atoms with Crippen LogP contribution >= 0.6 is 24.0 Å². The van der Waals surface area contributed by atoms with Crippen LogP contribution in [0.4, 0.5) is 18.9 Å². The highest BCUT2D eigenvalue weighted by molar-refractivity contribution is 14.0. The van der Waals surface area contributed by atoms with Gasteiger partial charge in [0, 0.05) is 11.3 Å². The standard InChI is InChI=1S/C17H18F3N3O3.HI/c1-24-14-5-3-4-11(15(14)25-2)10-22-16(21)23-12-6-8-13(9-7-12)26-17(18,19)20;/h3-9H,10H2,1-2H3,(H3,21,22,23);1H. The molecule has 0 atom stereocenters. The van der Waals surface area contributed by atoms with Gasteiger partial charge in [-0.3, -0.25) is 0 Å². The van der Waals surface area contributed by atoms with Crippen molar-refractivity contribution >= 4 is 35.6 Å². The Kier molecular flexibility index (Phi) is 8.47. The van der Waals surface area contributed by atoms with Crippen LogP contribution in [0.3, 0.4) is 0 Å². The molecule has 6 nitrogen and oxygen atoms in total. The number of halogens is 4. The number of aliphatic imine (C=N–C) groups is 1. The molecule has 0 aliphatic carbocycles. The molecule has 0 unspecified atom stereocenters. The Morgan fingerprint density at radius 2 is 1.74 bits per heavy atom. The summed E-state index contributed by atoms with van der Waals surface area (Å²) in [5, 5.41) is 2.79. The van der Waals surface area contributed by atoms with Crippen LogP contribution in [-0.2, 0) is 6.54 Å². The molecular weight excluding hydrogens is 478 g/mol. The Morgan fingerprint density at radius 1 is 1.07 bits per heavy atom. The first kappa shape index (κ1) is 22.7. The van der Waals surface area contributed by atoms with E-state index in [1.807, 2.05) is 6.07 Å². The van der Waals surface area contributed by atoms with Gasteiger partial charge in [-0.05, 0) is 30.3 Å². The number of ether oxygens (including phenoxy) is 3. The van der Waals surface area contributed by atoms with E-state index < -0.39 is 6.36 Å². The van der Waals surface area contributed by atoms with Crippen LogP contribution in [0.2, 0.25) is 0 Å². The second-order valence-electron chi connectivity index (χ2n) is 5.05. The average molecular weight is 497 g/mol. The van der Waals surface area contributed by atoms with Crippen molar-refractivity contribution in [1.29, 1.82) is 0 Å². The Balaban J connectivity index is 0.00000364. The highest BCUT2D eigenvalue weighted by Gasteiger charge is 2.30. The molecule has 0 aliphatic rings. The number of anilines is 1. The number of methoxy groups -OCH3 is 2. The predicted molar refractivity (Wildman–Crippen MR) is 107 cm³/mol. The molecule has 0 saturated heterocycles. The van der Waals surface area contributed by atoms with Gasteiger partial charge in [0.05, 0.1) is 20.8 Å². The maximum atomic E-state index is 12.1. The van der Waals surface area contributed by atoms with Gasteiger partial charge in [-0.25, -0.2) is 4.99 Å². The number of nitrogens with zero attached hydrogens (tertiary/aromatic N) is 1. The van der Waals surface area contributed by atoms with E-state index in [4.69, 9.17) is 15.2 Å². The average Bonchev–Trinajstić information content (AvgIpc) is 2.60. The summed E-state index contributed by atoms with van der Waals surface area (Å²) >= 11 is 0. The molecule has 0 heterocycles. The minimum Gasteiger partial charge on any atom is -0.493 e. The number of para-hydroxylation sites is 1. The first-order valence-electron chi connectivity index (χ1n) is 7.45. The van der Waals surface area contributed by atoms with Crippen LogP contribution in [0.15, 0.2) is 47.5 Å². The molecule has 27 heavy (non-hydrogen) atoms. The van der Waals surface area contributed by atoms with Gasteiger partial charge in [0.25, 0.3) is 0 Å². The van der Waals surface area contributed by atoms with E-state index in [-0.39, 0.29) is 42.2 Å². The van der Waals surface area contributed by atoms with Crippen LogP contribution in [-0.4, -0.2) is 26.5 Å². The summed E-state index contributed by atoms with van der Waals surface area (Å²) in [4.78, 5) is 4.19. The van der Waals surface area contributed by atoms with Crippen molar-refractivity contribution in [3.8, 4) is 17.2 Å². The lowest BCUT2D eigenvalue weighted by Crippen LogP contribution is -2.22. The maximum Gasteiger partial charge on any atom is 0.573 e. The summed E-state index contributed by atoms with van der Waals surface area (Å²) in [6, 6.07) is 10.5. The molecule has 3 N–H and O–H groups in total. The fourth-order valence-electron chi connectivity index (χ4n) is 2.18. The lowest BCUT2D eigenvalue weighted by Gasteiger charge is -2.12. The van der Waals surface area contributed by atoms with Gasteiger partial charge >= 0.3 is 6.36 Å². The summed E-state index contributed by atoms with van der Waals surface area (Å²) in [5.74, 6) is 0.909. The molecule has 0 saturated carbocycles. The molecule has 0 fully saturated rings. The molecule has 0 aliphatic heterocycles. The van der Waals surface area contributed by atoms with Crippen molar-refractivity contribution in [2.45, 2.75) is 12.9 Å². The largest absolute Gasteiger partial charge is 0.573 e. The minimum atomic E-state index is -4.73. The van der Waals surface area contributed by atoms with Crippen LogP contribution in [0.5, 0.6) is 17.2 Å². The van der Waals surface area contributed by atoms with Gasteiger partial charge in [-0.15, -0.1) is 37.1 Å². The predicted octanol–water partition coefficient (Wildman–Crippen LogP) is 4.15. The van der Waals surface area contributed by atoms with E-state index in [2.05, 4.69) is 15.0 Å². The monoisotopic (exact) mass is 497 g/mol. The van der Waals surface area contributed by atoms with Crippen molar-refractivity contribution in [2.75, 3.05) is 19.5 Å². The summed E-state index contributed by atoms with van der Waals surface area (Å²) < 4.78 is 50.7. The molecule has 2 aromatic carbocycles. The van der Waals surface area contributed by atoms with Crippen LogP contribution in [0.1, 0.15) is 5.56 Å². The SMILES string of the molecule is COc1cccc(CN=C(N)Nc2ccc(OC(F)(F)F)cc2)c1OC.I. The van der Waals surface area contributed by atoms with E-state index in [0.29, 0.717) is 17.2 Å². The molecule has 2 rings (SSSR count). The lowest BCUT2D eigenvalue weighted by molar-refractivity contribution is -0.274. The zero-order valence-corrected chi connectivity index (χ0v) is 16.9. The normalized spacial score (nSPS) is 11.4. The third kappa shape index (κ3) is 7.04. The van der Waals surface area contributed by atoms with Crippen LogP contribution < -0.4 is 25.3 Å². The summed E-state index contributed by atoms with van der Waals surface area (Å²) in [5.41, 5.74) is 7.05. The molecule has 0 spiro atoms. The number of benzene rings is 2. The second-order valence-corrected chi connectivity index (χ2v) is 5.05. The molecule has 148 valence electrons. The molecule has 0 bridgehead atoms. The number of nitrogens with one attached hydrogen (secondary N) is 1. The van der Waals surface area contributed by atoms with Crippen LogP contribution in [0, 0.1) is 0 Å². The third-order valence-corrected chi connectivity index (χ3v) is 3.26. The zero-order valence-electron chi connectivity index (χ0n) is 14.5. The molecule has 0 radical (unpaired) electrons. The van der Waals surface area contributed by atoms with Gasteiger partial charge in [-0.1, -0.05) is 12.1 Å². The Morgan fingerprint density at radius 3 is 2.30 bits per heavy atom. The van der Waals surface area contributed by atoms with Crippen molar-refractivity contribution < 1.29 is 27.4 Å². The zero-order chi connectivity index (χ0) is 19.2. The van der Waals surface area contributed by atoms with Crippen molar-refractivity contribution in [3.05, 3.63) is 48.0 Å². The first-order valence-corrected chi connectivity index (χ1v) is 7.45. The fraction of sp³-hybridized carbons (Fsp3) is 0.235.